The number of halogens is 2. The van der Waals surface area contributed by atoms with Crippen LogP contribution in [0.15, 0.2) is 72.4 Å². The molecular weight excluding hydrogens is 413 g/mol. The van der Waals surface area contributed by atoms with Crippen LogP contribution in [-0.4, -0.2) is 15.9 Å². The molecule has 4 rings (SSSR count). The van der Waals surface area contributed by atoms with Gasteiger partial charge in [-0.2, -0.15) is 0 Å². The van der Waals surface area contributed by atoms with Gasteiger partial charge in [0.15, 0.2) is 0 Å². The number of nitrogens with zero attached hydrogens (tertiary/aromatic N) is 2. The lowest BCUT2D eigenvalue weighted by molar-refractivity contribution is 0.102. The van der Waals surface area contributed by atoms with Crippen molar-refractivity contribution in [2.75, 3.05) is 5.32 Å². The molecule has 0 aliphatic carbocycles. The number of benzene rings is 2. The molecule has 2 aromatic carbocycles. The second kappa shape index (κ2) is 8.10. The fourth-order valence-corrected chi connectivity index (χ4v) is 3.97. The van der Waals surface area contributed by atoms with Crippen molar-refractivity contribution in [3.05, 3.63) is 88.0 Å². The monoisotopic (exact) mass is 425 g/mol. The Hall–Kier alpha value is -2.73. The Kier molecular flexibility index (Phi) is 5.39. The summed E-state index contributed by atoms with van der Waals surface area (Å²) < 4.78 is 0. The van der Waals surface area contributed by atoms with E-state index in [0.29, 0.717) is 21.3 Å². The average molecular weight is 426 g/mol. The maximum atomic E-state index is 12.5. The summed E-state index contributed by atoms with van der Waals surface area (Å²) in [7, 11) is 0. The first kappa shape index (κ1) is 18.6. The molecule has 28 heavy (non-hydrogen) atoms. The van der Waals surface area contributed by atoms with Crippen LogP contribution in [0.1, 0.15) is 10.4 Å². The molecule has 7 heteroatoms. The van der Waals surface area contributed by atoms with E-state index < -0.39 is 0 Å². The van der Waals surface area contributed by atoms with Gasteiger partial charge < -0.3 is 5.32 Å². The van der Waals surface area contributed by atoms with Crippen LogP contribution in [0.2, 0.25) is 10.0 Å². The summed E-state index contributed by atoms with van der Waals surface area (Å²) in [6, 6.07) is 16.2. The first-order chi connectivity index (χ1) is 13.6. The van der Waals surface area contributed by atoms with Crippen molar-refractivity contribution in [2.45, 2.75) is 0 Å². The fraction of sp³-hybridized carbons (Fsp3) is 0. The third kappa shape index (κ3) is 4.07. The van der Waals surface area contributed by atoms with Crippen LogP contribution in [-0.2, 0) is 0 Å². The molecule has 0 saturated carbocycles. The lowest BCUT2D eigenvalue weighted by Gasteiger charge is -2.08. The average Bonchev–Trinajstić information content (AvgIpc) is 3.19. The van der Waals surface area contributed by atoms with E-state index in [1.807, 2.05) is 41.8 Å². The van der Waals surface area contributed by atoms with Crippen molar-refractivity contribution >= 4 is 46.1 Å². The molecule has 0 saturated heterocycles. The minimum absolute atomic E-state index is 0.298. The molecule has 4 nitrogen and oxygen atoms in total. The number of carbonyl (C=O) groups excluding carboxylic acids is 1. The zero-order valence-electron chi connectivity index (χ0n) is 14.4. The number of nitrogens with one attached hydrogen (secondary N) is 1. The van der Waals surface area contributed by atoms with Crippen LogP contribution in [0.5, 0.6) is 0 Å². The van der Waals surface area contributed by atoms with Crippen LogP contribution in [0, 0.1) is 0 Å². The van der Waals surface area contributed by atoms with E-state index in [2.05, 4.69) is 15.3 Å². The smallest absolute Gasteiger partial charge is 0.257 e. The molecule has 0 radical (unpaired) electrons. The molecular formula is C21H13Cl2N3OS. The number of thiazole rings is 1. The van der Waals surface area contributed by atoms with E-state index in [4.69, 9.17) is 23.2 Å². The van der Waals surface area contributed by atoms with Crippen molar-refractivity contribution in [3.63, 3.8) is 0 Å². The van der Waals surface area contributed by atoms with Gasteiger partial charge in [-0.3, -0.25) is 9.78 Å². The summed E-state index contributed by atoms with van der Waals surface area (Å²) in [5.41, 5.74) is 3.74. The van der Waals surface area contributed by atoms with Gasteiger partial charge in [-0.15, -0.1) is 11.3 Å². The highest BCUT2D eigenvalue weighted by atomic mass is 35.5. The third-order valence-electron chi connectivity index (χ3n) is 4.00. The zero-order valence-corrected chi connectivity index (χ0v) is 16.7. The molecule has 1 N–H and O–H groups in total. The molecule has 0 aliphatic rings. The number of hydrogen-bond acceptors (Lipinski definition) is 4. The molecule has 2 aromatic heterocycles. The van der Waals surface area contributed by atoms with E-state index in [1.54, 1.807) is 41.9 Å². The molecule has 0 fully saturated rings. The predicted molar refractivity (Wildman–Crippen MR) is 115 cm³/mol. The number of pyridine rings is 1. The minimum Gasteiger partial charge on any atom is -0.322 e. The SMILES string of the molecule is O=C(Nc1cccc(-c2csc(-c3cccnc3)n2)c1)c1ccc(Cl)cc1Cl. The Morgan fingerprint density at radius 2 is 1.86 bits per heavy atom. The summed E-state index contributed by atoms with van der Waals surface area (Å²) in [6.07, 6.45) is 3.52. The van der Waals surface area contributed by atoms with Gasteiger partial charge in [0.25, 0.3) is 5.91 Å². The van der Waals surface area contributed by atoms with Crippen LogP contribution < -0.4 is 5.32 Å². The minimum atomic E-state index is -0.298. The first-order valence-corrected chi connectivity index (χ1v) is 9.96. The highest BCUT2D eigenvalue weighted by Crippen LogP contribution is 2.30. The quantitative estimate of drug-likeness (QED) is 0.409. The van der Waals surface area contributed by atoms with Gasteiger partial charge in [-0.25, -0.2) is 4.98 Å². The molecule has 2 heterocycles. The second-order valence-electron chi connectivity index (χ2n) is 5.94. The molecule has 4 aromatic rings. The summed E-state index contributed by atoms with van der Waals surface area (Å²) in [6.45, 7) is 0. The van der Waals surface area contributed by atoms with Crippen LogP contribution in [0.25, 0.3) is 21.8 Å². The van der Waals surface area contributed by atoms with Crippen molar-refractivity contribution < 1.29 is 4.79 Å². The number of rotatable bonds is 4. The number of aromatic nitrogens is 2. The Labute approximate surface area is 175 Å². The summed E-state index contributed by atoms with van der Waals surface area (Å²) in [5, 5.41) is 6.54. The second-order valence-corrected chi connectivity index (χ2v) is 7.64. The zero-order chi connectivity index (χ0) is 19.5. The Bertz CT molecular complexity index is 1150. The van der Waals surface area contributed by atoms with E-state index in [1.165, 1.54) is 0 Å². The third-order valence-corrected chi connectivity index (χ3v) is 5.44. The number of amides is 1. The maximum absolute atomic E-state index is 12.5. The predicted octanol–water partition coefficient (Wildman–Crippen LogP) is 6.43. The number of hydrogen-bond donors (Lipinski definition) is 1. The molecule has 0 bridgehead atoms. The number of anilines is 1. The normalized spacial score (nSPS) is 10.6. The maximum Gasteiger partial charge on any atom is 0.257 e. The summed E-state index contributed by atoms with van der Waals surface area (Å²) >= 11 is 13.6. The first-order valence-electron chi connectivity index (χ1n) is 8.33. The van der Waals surface area contributed by atoms with Gasteiger partial charge >= 0.3 is 0 Å². The largest absolute Gasteiger partial charge is 0.322 e. The highest BCUT2D eigenvalue weighted by molar-refractivity contribution is 7.13. The van der Waals surface area contributed by atoms with Gasteiger partial charge in [-0.1, -0.05) is 35.3 Å². The van der Waals surface area contributed by atoms with E-state index in [-0.39, 0.29) is 5.91 Å². The molecule has 0 aliphatic heterocycles. The van der Waals surface area contributed by atoms with Crippen LogP contribution in [0.4, 0.5) is 5.69 Å². The van der Waals surface area contributed by atoms with Gasteiger partial charge in [0, 0.05) is 39.6 Å². The van der Waals surface area contributed by atoms with Crippen molar-refractivity contribution in [1.82, 2.24) is 9.97 Å². The van der Waals surface area contributed by atoms with Gasteiger partial charge in [0.1, 0.15) is 5.01 Å². The van der Waals surface area contributed by atoms with Crippen molar-refractivity contribution in [3.8, 4) is 21.8 Å². The van der Waals surface area contributed by atoms with Gasteiger partial charge in [-0.05, 0) is 42.5 Å². The Balaban J connectivity index is 1.57. The molecule has 138 valence electrons. The van der Waals surface area contributed by atoms with Crippen LogP contribution in [0.3, 0.4) is 0 Å². The van der Waals surface area contributed by atoms with E-state index >= 15 is 0 Å². The van der Waals surface area contributed by atoms with Crippen molar-refractivity contribution in [1.29, 1.82) is 0 Å². The summed E-state index contributed by atoms with van der Waals surface area (Å²) in [4.78, 5) is 21.3. The van der Waals surface area contributed by atoms with Crippen molar-refractivity contribution in [2.24, 2.45) is 0 Å². The summed E-state index contributed by atoms with van der Waals surface area (Å²) in [5.74, 6) is -0.298. The van der Waals surface area contributed by atoms with Gasteiger partial charge in [0.05, 0.1) is 16.3 Å². The Morgan fingerprint density at radius 1 is 1.00 bits per heavy atom. The Morgan fingerprint density at radius 3 is 2.64 bits per heavy atom. The molecule has 0 spiro atoms. The van der Waals surface area contributed by atoms with E-state index in [9.17, 15) is 4.79 Å². The molecule has 1 amide bonds. The topological polar surface area (TPSA) is 54.9 Å². The standard InChI is InChI=1S/C21H13Cl2N3OS/c22-15-6-7-17(18(23)10-15)20(27)25-16-5-1-3-13(9-16)19-12-28-21(26-19)14-4-2-8-24-11-14/h1-12H,(H,25,27). The molecule has 0 unspecified atom stereocenters. The lowest BCUT2D eigenvalue weighted by Crippen LogP contribution is -2.12. The highest BCUT2D eigenvalue weighted by Gasteiger charge is 2.12. The molecule has 0 atom stereocenters. The van der Waals surface area contributed by atoms with E-state index in [0.717, 1.165) is 21.8 Å². The van der Waals surface area contributed by atoms with Crippen LogP contribution >= 0.6 is 34.5 Å². The fourth-order valence-electron chi connectivity index (χ4n) is 2.66. The number of carbonyl (C=O) groups is 1. The van der Waals surface area contributed by atoms with Gasteiger partial charge in [0.2, 0.25) is 0 Å². The lowest BCUT2D eigenvalue weighted by atomic mass is 10.1.